The number of halogens is 2. The highest BCUT2D eigenvalue weighted by atomic mass is 19.2. The van der Waals surface area contributed by atoms with Crippen molar-refractivity contribution >= 4 is 5.97 Å². The summed E-state index contributed by atoms with van der Waals surface area (Å²) in [5, 5.41) is 8.78. The minimum atomic E-state index is -1.48. The Kier molecular flexibility index (Phi) is 5.26. The first-order valence-electron chi connectivity index (χ1n) is 7.35. The molecule has 0 unspecified atom stereocenters. The van der Waals surface area contributed by atoms with Crippen LogP contribution < -0.4 is 0 Å². The fourth-order valence-electron chi connectivity index (χ4n) is 2.37. The van der Waals surface area contributed by atoms with Gasteiger partial charge in [0.15, 0.2) is 11.6 Å². The van der Waals surface area contributed by atoms with Gasteiger partial charge in [-0.3, -0.25) is 0 Å². The molecule has 0 atom stereocenters. The SMILES string of the molecule is CCCCCc1ccc(-c2ccc(C(=O)O)c(F)c2F)cc1. The number of aryl methyl sites for hydroxylation is 1. The van der Waals surface area contributed by atoms with Crippen LogP contribution in [-0.4, -0.2) is 11.1 Å². The molecule has 0 amide bonds. The molecule has 0 saturated heterocycles. The Balaban J connectivity index is 2.25. The molecule has 0 saturated carbocycles. The molecule has 0 aliphatic carbocycles. The molecule has 0 aliphatic rings. The molecular formula is C18H18F2O2. The van der Waals surface area contributed by atoms with Gasteiger partial charge in [0.05, 0.1) is 5.56 Å². The molecule has 0 aromatic heterocycles. The normalized spacial score (nSPS) is 10.7. The van der Waals surface area contributed by atoms with Gasteiger partial charge in [-0.2, -0.15) is 0 Å². The molecule has 0 aliphatic heterocycles. The summed E-state index contributed by atoms with van der Waals surface area (Å²) in [6.45, 7) is 2.14. The number of benzene rings is 2. The number of hydrogen-bond donors (Lipinski definition) is 1. The molecule has 0 spiro atoms. The predicted octanol–water partition coefficient (Wildman–Crippen LogP) is 5.06. The second kappa shape index (κ2) is 7.16. The molecule has 0 radical (unpaired) electrons. The minimum Gasteiger partial charge on any atom is -0.478 e. The number of carboxylic acids is 1. The van der Waals surface area contributed by atoms with Crippen molar-refractivity contribution in [3.05, 3.63) is 59.2 Å². The predicted molar refractivity (Wildman–Crippen MR) is 82.0 cm³/mol. The van der Waals surface area contributed by atoms with Crippen LogP contribution in [0.25, 0.3) is 11.1 Å². The fourth-order valence-corrected chi connectivity index (χ4v) is 2.37. The summed E-state index contributed by atoms with van der Waals surface area (Å²) >= 11 is 0. The third-order valence-corrected chi connectivity index (χ3v) is 3.65. The summed E-state index contributed by atoms with van der Waals surface area (Å²) < 4.78 is 27.7. The van der Waals surface area contributed by atoms with E-state index in [0.29, 0.717) is 5.56 Å². The number of unbranched alkanes of at least 4 members (excludes halogenated alkanes) is 2. The van der Waals surface area contributed by atoms with Gasteiger partial charge in [0, 0.05) is 5.56 Å². The topological polar surface area (TPSA) is 37.3 Å². The average Bonchev–Trinajstić information content (AvgIpc) is 2.51. The van der Waals surface area contributed by atoms with E-state index >= 15 is 0 Å². The molecule has 0 fully saturated rings. The van der Waals surface area contributed by atoms with Gasteiger partial charge in [-0.1, -0.05) is 50.1 Å². The molecule has 2 nitrogen and oxygen atoms in total. The highest BCUT2D eigenvalue weighted by Gasteiger charge is 2.18. The summed E-state index contributed by atoms with van der Waals surface area (Å²) in [6, 6.07) is 9.65. The minimum absolute atomic E-state index is 0.0719. The Hall–Kier alpha value is -2.23. The number of carboxylic acid groups (broad SMARTS) is 1. The van der Waals surface area contributed by atoms with Gasteiger partial charge < -0.3 is 5.11 Å². The van der Waals surface area contributed by atoms with Gasteiger partial charge in [0.1, 0.15) is 0 Å². The van der Waals surface area contributed by atoms with Gasteiger partial charge in [-0.25, -0.2) is 13.6 Å². The van der Waals surface area contributed by atoms with E-state index in [1.54, 1.807) is 12.1 Å². The zero-order valence-corrected chi connectivity index (χ0v) is 12.4. The molecule has 2 aromatic carbocycles. The van der Waals surface area contributed by atoms with Crippen LogP contribution in [0.1, 0.15) is 42.1 Å². The average molecular weight is 304 g/mol. The second-order valence-corrected chi connectivity index (χ2v) is 5.25. The van der Waals surface area contributed by atoms with Crippen LogP contribution in [0, 0.1) is 11.6 Å². The molecule has 2 rings (SSSR count). The van der Waals surface area contributed by atoms with Gasteiger partial charge in [0.25, 0.3) is 0 Å². The first-order valence-corrected chi connectivity index (χ1v) is 7.35. The van der Waals surface area contributed by atoms with E-state index in [4.69, 9.17) is 5.11 Å². The van der Waals surface area contributed by atoms with Crippen LogP contribution in [0.15, 0.2) is 36.4 Å². The van der Waals surface area contributed by atoms with E-state index in [9.17, 15) is 13.6 Å². The second-order valence-electron chi connectivity index (χ2n) is 5.25. The largest absolute Gasteiger partial charge is 0.478 e. The zero-order valence-electron chi connectivity index (χ0n) is 12.4. The number of carbonyl (C=O) groups is 1. The number of rotatable bonds is 6. The summed E-state index contributed by atoms with van der Waals surface area (Å²) in [6.07, 6.45) is 4.38. The van der Waals surface area contributed by atoms with Crippen molar-refractivity contribution in [2.24, 2.45) is 0 Å². The Morgan fingerprint density at radius 3 is 2.27 bits per heavy atom. The number of hydrogen-bond acceptors (Lipinski definition) is 1. The molecule has 0 heterocycles. The first-order chi connectivity index (χ1) is 10.5. The monoisotopic (exact) mass is 304 g/mol. The lowest BCUT2D eigenvalue weighted by atomic mass is 9.99. The number of aromatic carboxylic acids is 1. The van der Waals surface area contributed by atoms with Crippen LogP contribution in [-0.2, 0) is 6.42 Å². The molecule has 116 valence electrons. The maximum atomic E-state index is 14.0. The molecule has 22 heavy (non-hydrogen) atoms. The molecule has 0 bridgehead atoms. The molecule has 2 aromatic rings. The van der Waals surface area contributed by atoms with E-state index in [1.807, 2.05) is 12.1 Å². The van der Waals surface area contributed by atoms with Crippen LogP contribution in [0.4, 0.5) is 8.78 Å². The maximum absolute atomic E-state index is 14.0. The lowest BCUT2D eigenvalue weighted by Gasteiger charge is -2.08. The highest BCUT2D eigenvalue weighted by Crippen LogP contribution is 2.27. The van der Waals surface area contributed by atoms with E-state index < -0.39 is 23.2 Å². The summed E-state index contributed by atoms with van der Waals surface area (Å²) in [5.41, 5.74) is 1.10. The van der Waals surface area contributed by atoms with Crippen molar-refractivity contribution in [3.8, 4) is 11.1 Å². The molecule has 4 heteroatoms. The van der Waals surface area contributed by atoms with Crippen LogP contribution >= 0.6 is 0 Å². The molecule has 1 N–H and O–H groups in total. The van der Waals surface area contributed by atoms with Crippen LogP contribution in [0.3, 0.4) is 0 Å². The van der Waals surface area contributed by atoms with Crippen molar-refractivity contribution < 1.29 is 18.7 Å². The molecular weight excluding hydrogens is 286 g/mol. The van der Waals surface area contributed by atoms with Crippen molar-refractivity contribution in [2.75, 3.05) is 0 Å². The zero-order chi connectivity index (χ0) is 16.1. The highest BCUT2D eigenvalue weighted by molar-refractivity contribution is 5.88. The van der Waals surface area contributed by atoms with E-state index in [1.165, 1.54) is 6.07 Å². The quantitative estimate of drug-likeness (QED) is 0.757. The maximum Gasteiger partial charge on any atom is 0.338 e. The fraction of sp³-hybridized carbons (Fsp3) is 0.278. The van der Waals surface area contributed by atoms with Crippen molar-refractivity contribution in [1.82, 2.24) is 0 Å². The Morgan fingerprint density at radius 2 is 1.68 bits per heavy atom. The standard InChI is InChI=1S/C18H18F2O2/c1-2-3-4-5-12-6-8-13(9-7-12)14-10-11-15(18(21)22)17(20)16(14)19/h6-11H,2-5H2,1H3,(H,21,22). The van der Waals surface area contributed by atoms with Gasteiger partial charge in [0.2, 0.25) is 0 Å². The third-order valence-electron chi connectivity index (χ3n) is 3.65. The summed E-state index contributed by atoms with van der Waals surface area (Å²) in [5.74, 6) is -3.93. The summed E-state index contributed by atoms with van der Waals surface area (Å²) in [4.78, 5) is 10.8. The van der Waals surface area contributed by atoms with E-state index in [2.05, 4.69) is 6.92 Å². The smallest absolute Gasteiger partial charge is 0.338 e. The van der Waals surface area contributed by atoms with Crippen LogP contribution in [0.2, 0.25) is 0 Å². The van der Waals surface area contributed by atoms with Gasteiger partial charge >= 0.3 is 5.97 Å². The van der Waals surface area contributed by atoms with Crippen molar-refractivity contribution in [1.29, 1.82) is 0 Å². The van der Waals surface area contributed by atoms with Crippen molar-refractivity contribution in [3.63, 3.8) is 0 Å². The Labute approximate surface area is 128 Å². The lowest BCUT2D eigenvalue weighted by Crippen LogP contribution is -2.03. The Morgan fingerprint density at radius 1 is 1.00 bits per heavy atom. The van der Waals surface area contributed by atoms with Crippen molar-refractivity contribution in [2.45, 2.75) is 32.6 Å². The third kappa shape index (κ3) is 3.50. The van der Waals surface area contributed by atoms with E-state index in [-0.39, 0.29) is 5.56 Å². The summed E-state index contributed by atoms with van der Waals surface area (Å²) in [7, 11) is 0. The van der Waals surface area contributed by atoms with E-state index in [0.717, 1.165) is 37.3 Å². The first kappa shape index (κ1) is 16.1. The van der Waals surface area contributed by atoms with Crippen LogP contribution in [0.5, 0.6) is 0 Å². The van der Waals surface area contributed by atoms with Gasteiger partial charge in [-0.05, 0) is 30.0 Å². The van der Waals surface area contributed by atoms with Gasteiger partial charge in [-0.15, -0.1) is 0 Å². The lowest BCUT2D eigenvalue weighted by molar-refractivity contribution is 0.0690. The Bertz CT molecular complexity index is 664.